The van der Waals surface area contributed by atoms with Crippen LogP contribution in [0.3, 0.4) is 0 Å². The van der Waals surface area contributed by atoms with Gasteiger partial charge in [0.2, 0.25) is 11.8 Å². The Morgan fingerprint density at radius 3 is 2.43 bits per heavy atom. The largest absolute Gasteiger partial charge is 0.350 e. The number of pyridine rings is 1. The van der Waals surface area contributed by atoms with Crippen LogP contribution in [-0.2, 0) is 16.1 Å². The molecule has 1 aromatic rings. The molecule has 2 N–H and O–H groups in total. The van der Waals surface area contributed by atoms with E-state index in [1.54, 1.807) is 12.4 Å². The number of hydrogen-bond donors (Lipinski definition) is 2. The summed E-state index contributed by atoms with van der Waals surface area (Å²) in [6, 6.07) is 3.52. The second-order valence-electron chi connectivity index (χ2n) is 5.98. The Labute approximate surface area is 137 Å². The average Bonchev–Trinajstić information content (AvgIpc) is 2.87. The predicted octanol–water partition coefficient (Wildman–Crippen LogP) is 1.08. The summed E-state index contributed by atoms with van der Waals surface area (Å²) in [7, 11) is 0. The van der Waals surface area contributed by atoms with E-state index in [9.17, 15) is 9.59 Å². The molecule has 0 saturated carbocycles. The van der Waals surface area contributed by atoms with E-state index in [0.717, 1.165) is 31.5 Å². The monoisotopic (exact) mass is 318 g/mol. The number of nitrogens with zero attached hydrogens (tertiary/aromatic N) is 2. The maximum atomic E-state index is 12.2. The van der Waals surface area contributed by atoms with E-state index in [-0.39, 0.29) is 24.4 Å². The maximum absolute atomic E-state index is 12.2. The van der Waals surface area contributed by atoms with Crippen LogP contribution in [0.4, 0.5) is 0 Å². The molecule has 1 aliphatic heterocycles. The van der Waals surface area contributed by atoms with Crippen molar-refractivity contribution in [3.8, 4) is 0 Å². The van der Waals surface area contributed by atoms with Gasteiger partial charge in [0.25, 0.3) is 0 Å². The zero-order valence-corrected chi connectivity index (χ0v) is 13.8. The van der Waals surface area contributed by atoms with Crippen molar-refractivity contribution >= 4 is 11.8 Å². The standard InChI is InChI=1S/C17H26N4O2/c1-14(21-10-4-2-3-5-11-21)17(23)20-13-16(22)19-12-15-6-8-18-9-7-15/h6-9,14H,2-5,10-13H2,1H3,(H,19,22)(H,20,23)/t14-/m1/s1. The van der Waals surface area contributed by atoms with Crippen molar-refractivity contribution in [2.75, 3.05) is 19.6 Å². The highest BCUT2D eigenvalue weighted by atomic mass is 16.2. The molecule has 6 nitrogen and oxygen atoms in total. The van der Waals surface area contributed by atoms with Gasteiger partial charge in [0.15, 0.2) is 0 Å². The molecule has 1 fully saturated rings. The second-order valence-corrected chi connectivity index (χ2v) is 5.98. The molecule has 1 saturated heterocycles. The van der Waals surface area contributed by atoms with E-state index in [4.69, 9.17) is 0 Å². The van der Waals surface area contributed by atoms with Crippen molar-refractivity contribution in [1.29, 1.82) is 0 Å². The lowest BCUT2D eigenvalue weighted by atomic mass is 10.2. The minimum atomic E-state index is -0.182. The van der Waals surface area contributed by atoms with Gasteiger partial charge in [0.1, 0.15) is 0 Å². The molecule has 0 spiro atoms. The van der Waals surface area contributed by atoms with Crippen molar-refractivity contribution in [2.24, 2.45) is 0 Å². The van der Waals surface area contributed by atoms with E-state index in [1.807, 2.05) is 19.1 Å². The number of carbonyl (C=O) groups excluding carboxylic acids is 2. The van der Waals surface area contributed by atoms with Crippen LogP contribution >= 0.6 is 0 Å². The van der Waals surface area contributed by atoms with Crippen molar-refractivity contribution in [3.05, 3.63) is 30.1 Å². The summed E-state index contributed by atoms with van der Waals surface area (Å²) < 4.78 is 0. The Kier molecular flexibility index (Phi) is 7.00. The molecule has 1 aliphatic rings. The summed E-state index contributed by atoms with van der Waals surface area (Å²) in [5, 5.41) is 5.52. The minimum Gasteiger partial charge on any atom is -0.350 e. The van der Waals surface area contributed by atoms with Gasteiger partial charge in [0, 0.05) is 18.9 Å². The Balaban J connectivity index is 1.69. The molecule has 2 rings (SSSR count). The number of rotatable bonds is 6. The molecule has 6 heteroatoms. The van der Waals surface area contributed by atoms with Crippen LogP contribution in [0, 0.1) is 0 Å². The van der Waals surface area contributed by atoms with Gasteiger partial charge in [-0.25, -0.2) is 0 Å². The van der Waals surface area contributed by atoms with E-state index < -0.39 is 0 Å². The van der Waals surface area contributed by atoms with Crippen LogP contribution in [0.5, 0.6) is 0 Å². The van der Waals surface area contributed by atoms with Gasteiger partial charge in [-0.2, -0.15) is 0 Å². The third kappa shape index (κ3) is 5.98. The molecule has 0 bridgehead atoms. The first-order valence-electron chi connectivity index (χ1n) is 8.34. The first-order valence-corrected chi connectivity index (χ1v) is 8.34. The van der Waals surface area contributed by atoms with E-state index in [1.165, 1.54) is 12.8 Å². The lowest BCUT2D eigenvalue weighted by molar-refractivity contribution is -0.129. The van der Waals surface area contributed by atoms with Crippen LogP contribution in [0.2, 0.25) is 0 Å². The molecular weight excluding hydrogens is 292 g/mol. The van der Waals surface area contributed by atoms with Gasteiger partial charge < -0.3 is 10.6 Å². The summed E-state index contributed by atoms with van der Waals surface area (Å²) in [6.07, 6.45) is 8.14. The highest BCUT2D eigenvalue weighted by molar-refractivity contribution is 5.87. The number of amides is 2. The fourth-order valence-corrected chi connectivity index (χ4v) is 2.73. The summed E-state index contributed by atoms with van der Waals surface area (Å²) in [5.41, 5.74) is 0.984. The normalized spacial score (nSPS) is 17.1. The van der Waals surface area contributed by atoms with Gasteiger partial charge in [-0.1, -0.05) is 12.8 Å². The topological polar surface area (TPSA) is 74.3 Å². The summed E-state index contributed by atoms with van der Waals surface area (Å²) in [6.45, 7) is 4.29. The number of likely N-dealkylation sites (tertiary alicyclic amines) is 1. The molecule has 2 heterocycles. The fourth-order valence-electron chi connectivity index (χ4n) is 2.73. The molecule has 0 radical (unpaired) electrons. The molecule has 1 aromatic heterocycles. The van der Waals surface area contributed by atoms with Gasteiger partial charge >= 0.3 is 0 Å². The zero-order chi connectivity index (χ0) is 16.5. The van der Waals surface area contributed by atoms with Crippen molar-refractivity contribution < 1.29 is 9.59 Å². The highest BCUT2D eigenvalue weighted by Gasteiger charge is 2.22. The van der Waals surface area contributed by atoms with E-state index in [0.29, 0.717) is 6.54 Å². The van der Waals surface area contributed by atoms with Crippen LogP contribution in [0.15, 0.2) is 24.5 Å². The number of nitrogens with one attached hydrogen (secondary N) is 2. The lowest BCUT2D eigenvalue weighted by Gasteiger charge is -2.26. The molecule has 0 aromatic carbocycles. The molecule has 126 valence electrons. The van der Waals surface area contributed by atoms with Gasteiger partial charge in [-0.05, 0) is 50.6 Å². The smallest absolute Gasteiger partial charge is 0.239 e. The Morgan fingerprint density at radius 2 is 1.78 bits per heavy atom. The molecule has 0 unspecified atom stereocenters. The summed E-state index contributed by atoms with van der Waals surface area (Å²) >= 11 is 0. The molecule has 0 aliphatic carbocycles. The maximum Gasteiger partial charge on any atom is 0.239 e. The Hall–Kier alpha value is -1.95. The average molecular weight is 318 g/mol. The SMILES string of the molecule is C[C@H](C(=O)NCC(=O)NCc1ccncc1)N1CCCCCC1. The van der Waals surface area contributed by atoms with Crippen LogP contribution in [0.1, 0.15) is 38.2 Å². The summed E-state index contributed by atoms with van der Waals surface area (Å²) in [4.78, 5) is 30.1. The third-order valence-electron chi connectivity index (χ3n) is 4.23. The lowest BCUT2D eigenvalue weighted by Crippen LogP contribution is -2.47. The van der Waals surface area contributed by atoms with Crippen LogP contribution in [-0.4, -0.2) is 47.4 Å². The number of aromatic nitrogens is 1. The molecule has 23 heavy (non-hydrogen) atoms. The first-order chi connectivity index (χ1) is 11.2. The quantitative estimate of drug-likeness (QED) is 0.823. The van der Waals surface area contributed by atoms with Gasteiger partial charge in [-0.3, -0.25) is 19.5 Å². The fraction of sp³-hybridized carbons (Fsp3) is 0.588. The highest BCUT2D eigenvalue weighted by Crippen LogP contribution is 2.12. The Bertz CT molecular complexity index is 499. The number of hydrogen-bond acceptors (Lipinski definition) is 4. The Morgan fingerprint density at radius 1 is 1.13 bits per heavy atom. The second kappa shape index (κ2) is 9.25. The first kappa shape index (κ1) is 17.4. The third-order valence-corrected chi connectivity index (χ3v) is 4.23. The van der Waals surface area contributed by atoms with Crippen LogP contribution < -0.4 is 10.6 Å². The van der Waals surface area contributed by atoms with Crippen molar-refractivity contribution in [2.45, 2.75) is 45.2 Å². The van der Waals surface area contributed by atoms with E-state index >= 15 is 0 Å². The van der Waals surface area contributed by atoms with Gasteiger partial charge in [-0.15, -0.1) is 0 Å². The van der Waals surface area contributed by atoms with Crippen molar-refractivity contribution in [3.63, 3.8) is 0 Å². The minimum absolute atomic E-state index is 0.0160. The van der Waals surface area contributed by atoms with Crippen molar-refractivity contribution in [1.82, 2.24) is 20.5 Å². The zero-order valence-electron chi connectivity index (χ0n) is 13.8. The van der Waals surface area contributed by atoms with E-state index in [2.05, 4.69) is 20.5 Å². The molecular formula is C17H26N4O2. The number of carbonyl (C=O) groups is 2. The summed E-state index contributed by atoms with van der Waals surface area (Å²) in [5.74, 6) is -0.260. The molecule has 2 amide bonds. The molecule has 1 atom stereocenters. The van der Waals surface area contributed by atoms with Crippen LogP contribution in [0.25, 0.3) is 0 Å². The predicted molar refractivity (Wildman–Crippen MR) is 88.6 cm³/mol. The van der Waals surface area contributed by atoms with Gasteiger partial charge in [0.05, 0.1) is 12.6 Å².